The van der Waals surface area contributed by atoms with Crippen molar-refractivity contribution in [3.05, 3.63) is 82.7 Å². The molecule has 0 aliphatic carbocycles. The first-order valence-electron chi connectivity index (χ1n) is 10.6. The minimum Gasteiger partial charge on any atom is -0.426 e. The molecule has 1 heterocycles. The van der Waals surface area contributed by atoms with Crippen molar-refractivity contribution in [1.29, 1.82) is 0 Å². The van der Waals surface area contributed by atoms with Crippen molar-refractivity contribution in [3.8, 4) is 29.6 Å². The summed E-state index contributed by atoms with van der Waals surface area (Å²) < 4.78 is 15.9. The van der Waals surface area contributed by atoms with Gasteiger partial charge in [0.2, 0.25) is 5.12 Å². The third-order valence-electron chi connectivity index (χ3n) is 4.73. The lowest BCUT2D eigenvalue weighted by Gasteiger charge is -2.15. The van der Waals surface area contributed by atoms with E-state index in [1.807, 2.05) is 0 Å². The van der Waals surface area contributed by atoms with Crippen molar-refractivity contribution in [2.45, 2.75) is 26.5 Å². The molecular formula is C27H21NO7S. The first-order chi connectivity index (χ1) is 17.2. The van der Waals surface area contributed by atoms with E-state index in [1.54, 1.807) is 37.3 Å². The van der Waals surface area contributed by atoms with Crippen molar-refractivity contribution in [2.75, 3.05) is 0 Å². The summed E-state index contributed by atoms with van der Waals surface area (Å²) in [6, 6.07) is 12.5. The van der Waals surface area contributed by atoms with Gasteiger partial charge in [0.15, 0.2) is 5.75 Å². The van der Waals surface area contributed by atoms with E-state index in [-0.39, 0.29) is 39.2 Å². The second kappa shape index (κ2) is 11.8. The molecule has 36 heavy (non-hydrogen) atoms. The summed E-state index contributed by atoms with van der Waals surface area (Å²) in [6.45, 7) is 4.10. The molecule has 0 aliphatic heterocycles. The van der Waals surface area contributed by atoms with E-state index in [4.69, 9.17) is 20.6 Å². The number of esters is 3. The van der Waals surface area contributed by atoms with Gasteiger partial charge in [-0.05, 0) is 31.2 Å². The Morgan fingerprint density at radius 2 is 1.44 bits per heavy atom. The van der Waals surface area contributed by atoms with Gasteiger partial charge in [0.1, 0.15) is 17.1 Å². The van der Waals surface area contributed by atoms with E-state index in [1.165, 1.54) is 38.2 Å². The van der Waals surface area contributed by atoms with Crippen LogP contribution in [0.2, 0.25) is 0 Å². The van der Waals surface area contributed by atoms with Crippen LogP contribution in [0.15, 0.2) is 54.7 Å². The third kappa shape index (κ3) is 6.37. The number of carbonyl (C=O) groups is 4. The molecule has 0 unspecified atom stereocenters. The monoisotopic (exact) mass is 503 g/mol. The molecule has 0 saturated heterocycles. The van der Waals surface area contributed by atoms with Crippen molar-refractivity contribution in [3.63, 3.8) is 0 Å². The number of ether oxygens (including phenoxy) is 3. The molecule has 8 nitrogen and oxygen atoms in total. The number of hydrogen-bond acceptors (Lipinski definition) is 9. The summed E-state index contributed by atoms with van der Waals surface area (Å²) in [5.74, 6) is 0.892. The van der Waals surface area contributed by atoms with Crippen LogP contribution in [0.5, 0.6) is 17.2 Å². The van der Waals surface area contributed by atoms with E-state index in [0.29, 0.717) is 16.8 Å². The molecule has 2 aromatic carbocycles. The average molecular weight is 504 g/mol. The predicted molar refractivity (Wildman–Crippen MR) is 133 cm³/mol. The van der Waals surface area contributed by atoms with E-state index in [0.717, 1.165) is 11.8 Å². The Morgan fingerprint density at radius 1 is 0.889 bits per heavy atom. The molecule has 0 saturated carbocycles. The topological polar surface area (TPSA) is 109 Å². The maximum atomic E-state index is 13.0. The Labute approximate surface area is 212 Å². The van der Waals surface area contributed by atoms with Crippen LogP contribution in [-0.4, -0.2) is 28.0 Å². The third-order valence-corrected chi connectivity index (χ3v) is 5.65. The number of pyridine rings is 1. The highest BCUT2D eigenvalue weighted by atomic mass is 32.2. The molecule has 182 valence electrons. The van der Waals surface area contributed by atoms with Gasteiger partial charge in [-0.25, -0.2) is 4.79 Å². The van der Waals surface area contributed by atoms with Gasteiger partial charge in [-0.3, -0.25) is 19.4 Å². The van der Waals surface area contributed by atoms with Crippen LogP contribution in [-0.2, 0) is 15.3 Å². The van der Waals surface area contributed by atoms with Gasteiger partial charge < -0.3 is 14.2 Å². The molecule has 3 aromatic rings. The fourth-order valence-electron chi connectivity index (χ4n) is 3.16. The summed E-state index contributed by atoms with van der Waals surface area (Å²) in [5.41, 5.74) is 1.36. The van der Waals surface area contributed by atoms with Gasteiger partial charge >= 0.3 is 17.9 Å². The number of carbonyl (C=O) groups excluding carboxylic acids is 4. The van der Waals surface area contributed by atoms with Crippen molar-refractivity contribution < 1.29 is 33.4 Å². The highest BCUT2D eigenvalue weighted by Crippen LogP contribution is 2.33. The number of hydrogen-bond donors (Lipinski definition) is 0. The molecule has 0 amide bonds. The number of nitrogens with zero attached hydrogens (tertiary/aromatic N) is 1. The van der Waals surface area contributed by atoms with Gasteiger partial charge in [-0.15, -0.1) is 6.42 Å². The number of terminal acetylenes is 1. The van der Waals surface area contributed by atoms with Gasteiger partial charge in [-0.2, -0.15) is 0 Å². The Balaban J connectivity index is 1.91. The summed E-state index contributed by atoms with van der Waals surface area (Å²) in [5, 5.41) is -0.373. The zero-order chi connectivity index (χ0) is 26.2. The molecule has 0 bridgehead atoms. The quantitative estimate of drug-likeness (QED) is 0.261. The SMILES string of the molecule is C#Cc1cnc(C)c(OC(=O)c2ccccc2OC(C)=O)c1CSC(=O)c1ccccc1OC(C)=O. The molecule has 0 aliphatic rings. The lowest BCUT2D eigenvalue weighted by atomic mass is 10.1. The first-order valence-corrected chi connectivity index (χ1v) is 11.6. The lowest BCUT2D eigenvalue weighted by molar-refractivity contribution is -0.132. The number of para-hydroxylation sites is 2. The van der Waals surface area contributed by atoms with E-state index in [2.05, 4.69) is 10.9 Å². The van der Waals surface area contributed by atoms with Gasteiger partial charge in [-0.1, -0.05) is 41.9 Å². The minimum atomic E-state index is -0.788. The normalized spacial score (nSPS) is 10.2. The molecule has 0 spiro atoms. The highest BCUT2D eigenvalue weighted by Gasteiger charge is 2.22. The number of aromatic nitrogens is 1. The average Bonchev–Trinajstić information content (AvgIpc) is 2.84. The van der Waals surface area contributed by atoms with Crippen LogP contribution in [0, 0.1) is 19.3 Å². The second-order valence-corrected chi connectivity index (χ2v) is 8.30. The maximum Gasteiger partial charge on any atom is 0.347 e. The predicted octanol–water partition coefficient (Wildman–Crippen LogP) is 4.51. The van der Waals surface area contributed by atoms with Gasteiger partial charge in [0.25, 0.3) is 0 Å². The van der Waals surface area contributed by atoms with Crippen LogP contribution in [0.1, 0.15) is 51.4 Å². The molecule has 3 rings (SSSR count). The van der Waals surface area contributed by atoms with Crippen LogP contribution < -0.4 is 14.2 Å². The lowest BCUT2D eigenvalue weighted by Crippen LogP contribution is -2.15. The van der Waals surface area contributed by atoms with E-state index in [9.17, 15) is 19.2 Å². The fourth-order valence-corrected chi connectivity index (χ4v) is 4.05. The minimum absolute atomic E-state index is 0.0307. The van der Waals surface area contributed by atoms with Gasteiger partial charge in [0.05, 0.1) is 16.8 Å². The zero-order valence-electron chi connectivity index (χ0n) is 19.7. The Bertz CT molecular complexity index is 1390. The van der Waals surface area contributed by atoms with Crippen LogP contribution in [0.4, 0.5) is 0 Å². The van der Waals surface area contributed by atoms with Crippen LogP contribution >= 0.6 is 11.8 Å². The Morgan fingerprint density at radius 3 is 2.03 bits per heavy atom. The largest absolute Gasteiger partial charge is 0.426 e. The summed E-state index contributed by atoms with van der Waals surface area (Å²) in [4.78, 5) is 53.0. The van der Waals surface area contributed by atoms with Gasteiger partial charge in [0, 0.05) is 31.4 Å². The standard InChI is InChI=1S/C27H21NO7S/c1-5-19-14-28-16(2)25(35-26(31)20-10-6-8-12-23(20)33-17(3)29)22(19)15-36-27(32)21-11-7-9-13-24(21)34-18(4)30/h1,6-14H,15H2,2-4H3. The maximum absolute atomic E-state index is 13.0. The van der Waals surface area contributed by atoms with E-state index < -0.39 is 17.9 Å². The number of rotatable bonds is 7. The van der Waals surface area contributed by atoms with Crippen molar-refractivity contribution in [1.82, 2.24) is 4.98 Å². The first kappa shape index (κ1) is 26.2. The van der Waals surface area contributed by atoms with Crippen LogP contribution in [0.25, 0.3) is 0 Å². The molecule has 0 N–H and O–H groups in total. The van der Waals surface area contributed by atoms with E-state index >= 15 is 0 Å². The molecule has 1 aromatic heterocycles. The Kier molecular flexibility index (Phi) is 8.60. The Hall–Kier alpha value is -4.42. The molecule has 0 fully saturated rings. The number of aryl methyl sites for hydroxylation is 1. The molecule has 0 atom stereocenters. The van der Waals surface area contributed by atoms with Crippen LogP contribution in [0.3, 0.4) is 0 Å². The molecule has 0 radical (unpaired) electrons. The fraction of sp³-hybridized carbons (Fsp3) is 0.148. The zero-order valence-corrected chi connectivity index (χ0v) is 20.5. The summed E-state index contributed by atoms with van der Waals surface area (Å²) in [7, 11) is 0. The highest BCUT2D eigenvalue weighted by molar-refractivity contribution is 8.13. The number of thioether (sulfide) groups is 1. The summed E-state index contributed by atoms with van der Waals surface area (Å²) >= 11 is 0.897. The van der Waals surface area contributed by atoms with Crippen molar-refractivity contribution in [2.24, 2.45) is 0 Å². The van der Waals surface area contributed by atoms with Crippen molar-refractivity contribution >= 4 is 34.8 Å². The molecule has 9 heteroatoms. The smallest absolute Gasteiger partial charge is 0.347 e. The summed E-state index contributed by atoms with van der Waals surface area (Å²) in [6.07, 6.45) is 7.10. The number of benzene rings is 2. The molecular weight excluding hydrogens is 482 g/mol. The second-order valence-electron chi connectivity index (χ2n) is 7.35.